The summed E-state index contributed by atoms with van der Waals surface area (Å²) in [4.78, 5) is 0. The number of rotatable bonds is 5. The SMILES string of the molecule is CC(CO)CS(=O)(=O)CCN. The lowest BCUT2D eigenvalue weighted by molar-refractivity contribution is 0.249. The third-order valence-corrected chi connectivity index (χ3v) is 3.21. The van der Waals surface area contributed by atoms with Gasteiger partial charge in [-0.15, -0.1) is 0 Å². The maximum Gasteiger partial charge on any atom is 0.151 e. The van der Waals surface area contributed by atoms with Crippen LogP contribution in [0.15, 0.2) is 0 Å². The molecule has 0 aliphatic rings. The summed E-state index contributed by atoms with van der Waals surface area (Å²) in [6, 6.07) is 0. The molecule has 0 aromatic rings. The Kier molecular flexibility index (Phi) is 4.63. The van der Waals surface area contributed by atoms with Gasteiger partial charge < -0.3 is 10.8 Å². The minimum atomic E-state index is -3.03. The summed E-state index contributed by atoms with van der Waals surface area (Å²) < 4.78 is 22.0. The first-order chi connectivity index (χ1) is 5.02. The van der Waals surface area contributed by atoms with Crippen LogP contribution in [-0.2, 0) is 9.84 Å². The summed E-state index contributed by atoms with van der Waals surface area (Å²) in [6.45, 7) is 1.75. The van der Waals surface area contributed by atoms with Gasteiger partial charge in [0.1, 0.15) is 0 Å². The maximum absolute atomic E-state index is 11.0. The smallest absolute Gasteiger partial charge is 0.151 e. The van der Waals surface area contributed by atoms with Gasteiger partial charge in [-0.25, -0.2) is 8.42 Å². The van der Waals surface area contributed by atoms with Crippen molar-refractivity contribution in [3.05, 3.63) is 0 Å². The van der Waals surface area contributed by atoms with Crippen molar-refractivity contribution in [2.75, 3.05) is 24.7 Å². The van der Waals surface area contributed by atoms with E-state index in [2.05, 4.69) is 0 Å². The number of aliphatic hydroxyl groups is 1. The van der Waals surface area contributed by atoms with E-state index < -0.39 is 9.84 Å². The first-order valence-corrected chi connectivity index (χ1v) is 5.35. The fourth-order valence-electron chi connectivity index (χ4n) is 0.749. The van der Waals surface area contributed by atoms with Crippen molar-refractivity contribution in [3.8, 4) is 0 Å². The van der Waals surface area contributed by atoms with E-state index in [0.29, 0.717) is 0 Å². The van der Waals surface area contributed by atoms with Gasteiger partial charge in [0.15, 0.2) is 9.84 Å². The molecule has 4 nitrogen and oxygen atoms in total. The molecule has 0 radical (unpaired) electrons. The molecule has 1 atom stereocenters. The van der Waals surface area contributed by atoms with Crippen molar-refractivity contribution in [1.29, 1.82) is 0 Å². The highest BCUT2D eigenvalue weighted by Crippen LogP contribution is 1.99. The van der Waals surface area contributed by atoms with E-state index in [0.717, 1.165) is 0 Å². The van der Waals surface area contributed by atoms with Crippen LogP contribution in [0.25, 0.3) is 0 Å². The molecule has 5 heteroatoms. The third kappa shape index (κ3) is 5.17. The molecule has 0 spiro atoms. The highest BCUT2D eigenvalue weighted by molar-refractivity contribution is 7.91. The molecule has 3 N–H and O–H groups in total. The molecule has 0 saturated carbocycles. The van der Waals surface area contributed by atoms with Gasteiger partial charge in [-0.1, -0.05) is 6.92 Å². The topological polar surface area (TPSA) is 80.4 Å². The van der Waals surface area contributed by atoms with E-state index in [4.69, 9.17) is 10.8 Å². The Hall–Kier alpha value is -0.130. The standard InChI is InChI=1S/C6H15NO3S/c1-6(4-8)5-11(9,10)3-2-7/h6,8H,2-5,7H2,1H3. The second kappa shape index (κ2) is 4.69. The van der Waals surface area contributed by atoms with Gasteiger partial charge in [0.25, 0.3) is 0 Å². The van der Waals surface area contributed by atoms with Crippen LogP contribution in [0.2, 0.25) is 0 Å². The van der Waals surface area contributed by atoms with E-state index in [1.165, 1.54) is 0 Å². The van der Waals surface area contributed by atoms with Crippen LogP contribution in [0.4, 0.5) is 0 Å². The number of sulfone groups is 1. The molecule has 0 saturated heterocycles. The number of hydrogen-bond acceptors (Lipinski definition) is 4. The lowest BCUT2D eigenvalue weighted by Gasteiger charge is -2.07. The summed E-state index contributed by atoms with van der Waals surface area (Å²) in [5, 5.41) is 8.57. The van der Waals surface area contributed by atoms with Crippen LogP contribution < -0.4 is 5.73 Å². The van der Waals surface area contributed by atoms with Crippen LogP contribution in [0, 0.1) is 5.92 Å². The molecule has 11 heavy (non-hydrogen) atoms. The van der Waals surface area contributed by atoms with Crippen LogP contribution in [-0.4, -0.2) is 38.2 Å². The van der Waals surface area contributed by atoms with E-state index >= 15 is 0 Å². The van der Waals surface area contributed by atoms with Crippen molar-refractivity contribution in [2.45, 2.75) is 6.92 Å². The Morgan fingerprint density at radius 1 is 1.55 bits per heavy atom. The van der Waals surface area contributed by atoms with Crippen LogP contribution in [0.5, 0.6) is 0 Å². The highest BCUT2D eigenvalue weighted by atomic mass is 32.2. The Balaban J connectivity index is 3.92. The summed E-state index contributed by atoms with van der Waals surface area (Å²) >= 11 is 0. The van der Waals surface area contributed by atoms with Crippen molar-refractivity contribution >= 4 is 9.84 Å². The van der Waals surface area contributed by atoms with Gasteiger partial charge in [-0.3, -0.25) is 0 Å². The predicted molar refractivity (Wildman–Crippen MR) is 44.0 cm³/mol. The Labute approximate surface area is 67.3 Å². The van der Waals surface area contributed by atoms with Crippen LogP contribution >= 0.6 is 0 Å². The van der Waals surface area contributed by atoms with Gasteiger partial charge in [-0.05, 0) is 5.92 Å². The van der Waals surface area contributed by atoms with Crippen LogP contribution in [0.3, 0.4) is 0 Å². The molecule has 0 fully saturated rings. The quantitative estimate of drug-likeness (QED) is 0.569. The number of hydrogen-bond donors (Lipinski definition) is 2. The molecule has 0 rings (SSSR count). The first kappa shape index (κ1) is 10.9. The van der Waals surface area contributed by atoms with Crippen molar-refractivity contribution in [2.24, 2.45) is 11.7 Å². The average molecular weight is 181 g/mol. The zero-order valence-electron chi connectivity index (χ0n) is 6.66. The fourth-order valence-corrected chi connectivity index (χ4v) is 2.25. The average Bonchev–Trinajstić information content (AvgIpc) is 1.86. The molecule has 0 aromatic heterocycles. The second-order valence-corrected chi connectivity index (χ2v) is 4.92. The Morgan fingerprint density at radius 3 is 2.45 bits per heavy atom. The van der Waals surface area contributed by atoms with Gasteiger partial charge in [0.05, 0.1) is 11.5 Å². The largest absolute Gasteiger partial charge is 0.396 e. The van der Waals surface area contributed by atoms with Gasteiger partial charge in [0, 0.05) is 13.2 Å². The molecule has 0 aliphatic heterocycles. The molecule has 0 amide bonds. The molecular formula is C6H15NO3S. The lowest BCUT2D eigenvalue weighted by atomic mass is 10.2. The van der Waals surface area contributed by atoms with Crippen LogP contribution in [0.1, 0.15) is 6.92 Å². The first-order valence-electron chi connectivity index (χ1n) is 3.53. The molecule has 0 aromatic carbocycles. The van der Waals surface area contributed by atoms with Crippen molar-refractivity contribution in [1.82, 2.24) is 0 Å². The molecule has 0 bridgehead atoms. The van der Waals surface area contributed by atoms with E-state index in [1.54, 1.807) is 6.92 Å². The van der Waals surface area contributed by atoms with Gasteiger partial charge in [0.2, 0.25) is 0 Å². The van der Waals surface area contributed by atoms with Gasteiger partial charge >= 0.3 is 0 Å². The minimum Gasteiger partial charge on any atom is -0.396 e. The monoisotopic (exact) mass is 181 g/mol. The Bertz CT molecular complexity index is 188. The lowest BCUT2D eigenvalue weighted by Crippen LogP contribution is -2.23. The second-order valence-electron chi connectivity index (χ2n) is 2.69. The third-order valence-electron chi connectivity index (χ3n) is 1.28. The summed E-state index contributed by atoms with van der Waals surface area (Å²) in [5.41, 5.74) is 5.09. The van der Waals surface area contributed by atoms with E-state index in [9.17, 15) is 8.42 Å². The fraction of sp³-hybridized carbons (Fsp3) is 1.00. The maximum atomic E-state index is 11.0. The number of aliphatic hydroxyl groups excluding tert-OH is 1. The van der Waals surface area contributed by atoms with Gasteiger partial charge in [-0.2, -0.15) is 0 Å². The number of nitrogens with two attached hydrogens (primary N) is 1. The molecule has 68 valence electrons. The summed E-state index contributed by atoms with van der Waals surface area (Å²) in [7, 11) is -3.03. The zero-order valence-corrected chi connectivity index (χ0v) is 7.47. The van der Waals surface area contributed by atoms with Crippen molar-refractivity contribution < 1.29 is 13.5 Å². The molecular weight excluding hydrogens is 166 g/mol. The normalized spacial score (nSPS) is 14.8. The molecule has 0 heterocycles. The van der Waals surface area contributed by atoms with E-state index in [-0.39, 0.29) is 30.6 Å². The zero-order chi connectivity index (χ0) is 8.91. The predicted octanol–water partition coefficient (Wildman–Crippen LogP) is -1.01. The highest BCUT2D eigenvalue weighted by Gasteiger charge is 2.13. The molecule has 1 unspecified atom stereocenters. The molecule has 0 aliphatic carbocycles. The Morgan fingerprint density at radius 2 is 2.09 bits per heavy atom. The minimum absolute atomic E-state index is 0.0112. The summed E-state index contributed by atoms with van der Waals surface area (Å²) in [6.07, 6.45) is 0. The van der Waals surface area contributed by atoms with Crippen molar-refractivity contribution in [3.63, 3.8) is 0 Å². The van der Waals surface area contributed by atoms with E-state index in [1.807, 2.05) is 0 Å². The summed E-state index contributed by atoms with van der Waals surface area (Å²) in [5.74, 6) is -0.149.